The fourth-order valence-corrected chi connectivity index (χ4v) is 4.34. The molecular weight excluding hydrogens is 400 g/mol. The van der Waals surface area contributed by atoms with Crippen molar-refractivity contribution in [1.82, 2.24) is 9.97 Å². The van der Waals surface area contributed by atoms with Crippen molar-refractivity contribution < 1.29 is 13.2 Å². The van der Waals surface area contributed by atoms with Gasteiger partial charge in [-0.05, 0) is 17.7 Å². The van der Waals surface area contributed by atoms with E-state index in [0.29, 0.717) is 21.8 Å². The number of nitrogens with zero attached hydrogens (tertiary/aromatic N) is 3. The number of amides is 2. The highest BCUT2D eigenvalue weighted by molar-refractivity contribution is 7.90. The fourth-order valence-electron chi connectivity index (χ4n) is 2.90. The molecule has 0 aliphatic carbocycles. The predicted molar refractivity (Wildman–Crippen MR) is 106 cm³/mol. The lowest BCUT2D eigenvalue weighted by molar-refractivity contribution is 0.256. The minimum atomic E-state index is -3.74. The number of carbonyl (C=O) groups is 1. The summed E-state index contributed by atoms with van der Waals surface area (Å²) >= 11 is 6.18. The second-order valence-electron chi connectivity index (χ2n) is 6.24. The lowest BCUT2D eigenvalue weighted by Crippen LogP contribution is -2.39. The Balaban J connectivity index is 1.63. The zero-order valence-electron chi connectivity index (χ0n) is 14.5. The van der Waals surface area contributed by atoms with Gasteiger partial charge in [-0.25, -0.2) is 23.2 Å². The molecule has 3 aromatic rings. The van der Waals surface area contributed by atoms with Gasteiger partial charge in [0.1, 0.15) is 5.82 Å². The molecule has 4 rings (SSSR count). The van der Waals surface area contributed by atoms with Crippen LogP contribution in [0, 0.1) is 0 Å². The summed E-state index contributed by atoms with van der Waals surface area (Å²) < 4.78 is 25.3. The standard InChI is InChI=1S/C19H15ClN4O3S/c20-15-8-4-5-9-16(15)24-11-14-10-21-18(22-17(14)23-19(24)25)28(26,27)12-13-6-2-1-3-7-13/h1-10H,11-12H2,(H,21,22,23,25). The van der Waals surface area contributed by atoms with Gasteiger partial charge in [-0.15, -0.1) is 0 Å². The first kappa shape index (κ1) is 18.4. The highest BCUT2D eigenvalue weighted by Gasteiger charge is 2.29. The lowest BCUT2D eigenvalue weighted by atomic mass is 10.2. The molecule has 2 aromatic carbocycles. The average molecular weight is 415 g/mol. The molecular formula is C19H15ClN4O3S. The average Bonchev–Trinajstić information content (AvgIpc) is 2.68. The molecule has 0 radical (unpaired) electrons. The topological polar surface area (TPSA) is 92.3 Å². The third kappa shape index (κ3) is 3.56. The van der Waals surface area contributed by atoms with Crippen molar-refractivity contribution in [3.63, 3.8) is 0 Å². The number of hydrogen-bond donors (Lipinski definition) is 1. The molecule has 0 atom stereocenters. The number of benzene rings is 2. The van der Waals surface area contributed by atoms with E-state index < -0.39 is 15.9 Å². The highest BCUT2D eigenvalue weighted by atomic mass is 35.5. The first-order chi connectivity index (χ1) is 13.4. The van der Waals surface area contributed by atoms with Crippen molar-refractivity contribution in [2.24, 2.45) is 0 Å². The van der Waals surface area contributed by atoms with Crippen LogP contribution in [0.25, 0.3) is 0 Å². The molecule has 7 nitrogen and oxygen atoms in total. The van der Waals surface area contributed by atoms with Crippen molar-refractivity contribution in [3.05, 3.63) is 76.9 Å². The van der Waals surface area contributed by atoms with Gasteiger partial charge in [-0.3, -0.25) is 10.2 Å². The number of anilines is 2. The van der Waals surface area contributed by atoms with Crippen LogP contribution in [-0.4, -0.2) is 24.4 Å². The minimum Gasteiger partial charge on any atom is -0.291 e. The summed E-state index contributed by atoms with van der Waals surface area (Å²) in [7, 11) is -3.74. The van der Waals surface area contributed by atoms with Crippen LogP contribution in [0.1, 0.15) is 11.1 Å². The molecule has 0 saturated heterocycles. The van der Waals surface area contributed by atoms with E-state index in [-0.39, 0.29) is 23.3 Å². The van der Waals surface area contributed by atoms with E-state index in [1.165, 1.54) is 11.1 Å². The van der Waals surface area contributed by atoms with Gasteiger partial charge in [0.2, 0.25) is 15.0 Å². The molecule has 28 heavy (non-hydrogen) atoms. The third-order valence-corrected chi connectivity index (χ3v) is 6.05. The van der Waals surface area contributed by atoms with Gasteiger partial charge in [-0.1, -0.05) is 54.1 Å². The van der Waals surface area contributed by atoms with Gasteiger partial charge in [-0.2, -0.15) is 0 Å². The van der Waals surface area contributed by atoms with Crippen LogP contribution in [0.4, 0.5) is 16.3 Å². The molecule has 0 fully saturated rings. The molecule has 1 aromatic heterocycles. The molecule has 0 bridgehead atoms. The number of sulfone groups is 1. The maximum Gasteiger partial charge on any atom is 0.327 e. The molecule has 1 aliphatic rings. The number of fused-ring (bicyclic) bond motifs is 1. The van der Waals surface area contributed by atoms with Crippen LogP contribution in [-0.2, 0) is 22.1 Å². The van der Waals surface area contributed by atoms with E-state index in [1.54, 1.807) is 48.5 Å². The van der Waals surface area contributed by atoms with Crippen molar-refractivity contribution in [1.29, 1.82) is 0 Å². The van der Waals surface area contributed by atoms with Crippen molar-refractivity contribution >= 4 is 39.0 Å². The Kier molecular flexibility index (Phi) is 4.74. The Hall–Kier alpha value is -2.97. The van der Waals surface area contributed by atoms with Crippen LogP contribution >= 0.6 is 11.6 Å². The normalized spacial score (nSPS) is 13.8. The lowest BCUT2D eigenvalue weighted by Gasteiger charge is -2.29. The summed E-state index contributed by atoms with van der Waals surface area (Å²) in [5.74, 6) is -0.0262. The number of hydrogen-bond acceptors (Lipinski definition) is 5. The van der Waals surface area contributed by atoms with Crippen molar-refractivity contribution in [3.8, 4) is 0 Å². The zero-order chi connectivity index (χ0) is 19.7. The van der Waals surface area contributed by atoms with Crippen LogP contribution in [0.2, 0.25) is 5.02 Å². The summed E-state index contributed by atoms with van der Waals surface area (Å²) in [6, 6.07) is 15.3. The van der Waals surface area contributed by atoms with Crippen LogP contribution in [0.15, 0.2) is 66.0 Å². The second-order valence-corrected chi connectivity index (χ2v) is 8.53. The highest BCUT2D eigenvalue weighted by Crippen LogP contribution is 2.31. The molecule has 0 saturated carbocycles. The predicted octanol–water partition coefficient (Wildman–Crippen LogP) is 3.66. The molecule has 142 valence electrons. The maximum atomic E-state index is 12.6. The summed E-state index contributed by atoms with van der Waals surface area (Å²) in [6.45, 7) is 0.184. The Bertz CT molecular complexity index is 1150. The molecule has 2 heterocycles. The molecule has 0 unspecified atom stereocenters. The van der Waals surface area contributed by atoms with Crippen LogP contribution < -0.4 is 10.2 Å². The van der Waals surface area contributed by atoms with Gasteiger partial charge in [0.15, 0.2) is 0 Å². The van der Waals surface area contributed by atoms with E-state index in [1.807, 2.05) is 6.07 Å². The quantitative estimate of drug-likeness (QED) is 0.658. The van der Waals surface area contributed by atoms with Gasteiger partial charge < -0.3 is 0 Å². The van der Waals surface area contributed by atoms with E-state index in [2.05, 4.69) is 15.3 Å². The largest absolute Gasteiger partial charge is 0.327 e. The first-order valence-electron chi connectivity index (χ1n) is 8.40. The summed E-state index contributed by atoms with van der Waals surface area (Å²) in [4.78, 5) is 22.1. The van der Waals surface area contributed by atoms with E-state index in [0.717, 1.165) is 0 Å². The monoisotopic (exact) mass is 414 g/mol. The zero-order valence-corrected chi connectivity index (χ0v) is 16.1. The minimum absolute atomic E-state index is 0.184. The van der Waals surface area contributed by atoms with Gasteiger partial charge in [0, 0.05) is 11.8 Å². The maximum absolute atomic E-state index is 12.6. The number of rotatable bonds is 4. The molecule has 9 heteroatoms. The Labute approximate surface area is 166 Å². The number of para-hydroxylation sites is 1. The summed E-state index contributed by atoms with van der Waals surface area (Å²) in [5, 5.41) is 2.74. The number of urea groups is 1. The van der Waals surface area contributed by atoms with Crippen molar-refractivity contribution in [2.45, 2.75) is 17.5 Å². The van der Waals surface area contributed by atoms with E-state index >= 15 is 0 Å². The van der Waals surface area contributed by atoms with Gasteiger partial charge in [0.05, 0.1) is 23.0 Å². The number of halogens is 1. The molecule has 0 spiro atoms. The summed E-state index contributed by atoms with van der Waals surface area (Å²) in [6.07, 6.45) is 1.42. The molecule has 1 aliphatic heterocycles. The van der Waals surface area contributed by atoms with Gasteiger partial charge >= 0.3 is 6.03 Å². The van der Waals surface area contributed by atoms with Crippen molar-refractivity contribution in [2.75, 3.05) is 10.2 Å². The van der Waals surface area contributed by atoms with Gasteiger partial charge in [0.25, 0.3) is 0 Å². The number of aromatic nitrogens is 2. The number of nitrogens with one attached hydrogen (secondary N) is 1. The smallest absolute Gasteiger partial charge is 0.291 e. The fraction of sp³-hybridized carbons (Fsp3) is 0.105. The Morgan fingerprint density at radius 3 is 2.54 bits per heavy atom. The summed E-state index contributed by atoms with van der Waals surface area (Å²) in [5.41, 5.74) is 1.78. The Morgan fingerprint density at radius 2 is 1.79 bits per heavy atom. The van der Waals surface area contributed by atoms with Crippen LogP contribution in [0.3, 0.4) is 0 Å². The first-order valence-corrected chi connectivity index (χ1v) is 10.4. The molecule has 1 N–H and O–H groups in total. The number of carbonyl (C=O) groups excluding carboxylic acids is 1. The Morgan fingerprint density at radius 1 is 1.07 bits per heavy atom. The van der Waals surface area contributed by atoms with Crippen LogP contribution in [0.5, 0.6) is 0 Å². The third-order valence-electron chi connectivity index (χ3n) is 4.26. The molecule has 2 amide bonds. The van der Waals surface area contributed by atoms with E-state index in [4.69, 9.17) is 11.6 Å². The SMILES string of the molecule is O=C1Nc2nc(S(=O)(=O)Cc3ccccc3)ncc2CN1c1ccccc1Cl. The van der Waals surface area contributed by atoms with E-state index in [9.17, 15) is 13.2 Å². The second kappa shape index (κ2) is 7.21.